The van der Waals surface area contributed by atoms with E-state index in [4.69, 9.17) is 23.7 Å². The van der Waals surface area contributed by atoms with Gasteiger partial charge in [-0.15, -0.1) is 0 Å². The van der Waals surface area contributed by atoms with Crippen molar-refractivity contribution in [2.75, 3.05) is 19.8 Å². The van der Waals surface area contributed by atoms with Gasteiger partial charge in [-0.05, 0) is 64.2 Å². The third-order valence-corrected chi connectivity index (χ3v) is 11.9. The first-order chi connectivity index (χ1) is 30.4. The summed E-state index contributed by atoms with van der Waals surface area (Å²) in [5.74, 6) is -3.66. The third-order valence-electron chi connectivity index (χ3n) is 11.9. The Morgan fingerprint density at radius 2 is 1.08 bits per heavy atom. The van der Waals surface area contributed by atoms with Crippen LogP contribution in [0.3, 0.4) is 0 Å². The highest BCUT2D eigenvalue weighted by Gasteiger charge is 2.61. The summed E-state index contributed by atoms with van der Waals surface area (Å²) in [7, 11) is 0. The standard InChI is InChI=1S/C48H86O15/c1-3-5-7-21-27-36(51)29-23-17-13-9-11-15-19-25-31-40(53)59-35-48(63-47-45(58)44(57)42(55)38(33-49)60-47)46(43(56)39(34-50)62-48)61-41(54)32-26-20-16-12-10-14-18-24-30-37(52)28-22-8-6-4-2/h17-18,23-24,36-39,42-47,49-52,55-58H,3-16,19-22,25-35H2,1-2H3/t36-,37-,38-,39-,42-,43-,44+,45-,46+,47-,48+/m1/s1. The lowest BCUT2D eigenvalue weighted by molar-refractivity contribution is -0.384. The van der Waals surface area contributed by atoms with Gasteiger partial charge in [-0.2, -0.15) is 0 Å². The van der Waals surface area contributed by atoms with Crippen molar-refractivity contribution < 1.29 is 74.1 Å². The number of hydrogen-bond acceptors (Lipinski definition) is 15. The van der Waals surface area contributed by atoms with Crippen molar-refractivity contribution in [3.8, 4) is 0 Å². The van der Waals surface area contributed by atoms with E-state index >= 15 is 0 Å². The molecule has 0 radical (unpaired) electrons. The maximum atomic E-state index is 13.2. The lowest BCUT2D eigenvalue weighted by Crippen LogP contribution is -2.63. The smallest absolute Gasteiger partial charge is 0.306 e. The van der Waals surface area contributed by atoms with Gasteiger partial charge in [-0.25, -0.2) is 0 Å². The second-order valence-electron chi connectivity index (χ2n) is 17.6. The fourth-order valence-corrected chi connectivity index (χ4v) is 7.93. The number of esters is 2. The van der Waals surface area contributed by atoms with Crippen molar-refractivity contribution in [1.82, 2.24) is 0 Å². The summed E-state index contributed by atoms with van der Waals surface area (Å²) in [6, 6.07) is 0. The van der Waals surface area contributed by atoms with Crippen LogP contribution in [-0.4, -0.2) is 140 Å². The van der Waals surface area contributed by atoms with Crippen molar-refractivity contribution >= 4 is 11.9 Å². The van der Waals surface area contributed by atoms with E-state index in [0.717, 1.165) is 103 Å². The molecule has 8 N–H and O–H groups in total. The van der Waals surface area contributed by atoms with Crippen LogP contribution in [-0.2, 0) is 33.3 Å². The molecule has 63 heavy (non-hydrogen) atoms. The first-order valence-electron chi connectivity index (χ1n) is 24.4. The van der Waals surface area contributed by atoms with Gasteiger partial charge in [-0.1, -0.05) is 128 Å². The fourth-order valence-electron chi connectivity index (χ4n) is 7.93. The Balaban J connectivity index is 1.90. The molecule has 2 fully saturated rings. The summed E-state index contributed by atoms with van der Waals surface area (Å²) < 4.78 is 28.7. The molecule has 2 aliphatic heterocycles. The Morgan fingerprint density at radius 3 is 1.60 bits per heavy atom. The van der Waals surface area contributed by atoms with Crippen molar-refractivity contribution in [2.24, 2.45) is 0 Å². The van der Waals surface area contributed by atoms with Crippen LogP contribution < -0.4 is 0 Å². The predicted octanol–water partition coefficient (Wildman–Crippen LogP) is 5.72. The highest BCUT2D eigenvalue weighted by Crippen LogP contribution is 2.39. The second-order valence-corrected chi connectivity index (χ2v) is 17.6. The zero-order chi connectivity index (χ0) is 46.3. The van der Waals surface area contributed by atoms with Crippen LogP contribution in [0, 0.1) is 0 Å². The van der Waals surface area contributed by atoms with Crippen molar-refractivity contribution in [1.29, 1.82) is 0 Å². The Labute approximate surface area is 377 Å². The molecule has 2 heterocycles. The molecule has 15 heteroatoms. The summed E-state index contributed by atoms with van der Waals surface area (Å²) in [4.78, 5) is 26.2. The van der Waals surface area contributed by atoms with Crippen molar-refractivity contribution in [2.45, 2.75) is 248 Å². The van der Waals surface area contributed by atoms with Gasteiger partial charge in [0.25, 0.3) is 0 Å². The van der Waals surface area contributed by atoms with Crippen LogP contribution in [0.5, 0.6) is 0 Å². The van der Waals surface area contributed by atoms with Crippen LogP contribution in [0.15, 0.2) is 24.3 Å². The minimum atomic E-state index is -2.32. The molecule has 2 aliphatic rings. The molecular weight excluding hydrogens is 817 g/mol. The van der Waals surface area contributed by atoms with E-state index < -0.39 is 86.6 Å². The van der Waals surface area contributed by atoms with Gasteiger partial charge in [0.2, 0.25) is 5.79 Å². The number of ether oxygens (including phenoxy) is 5. The minimum Gasteiger partial charge on any atom is -0.460 e. The minimum absolute atomic E-state index is 0.0163. The number of rotatable bonds is 37. The SMILES string of the molecule is CCCCCC[C@@H](O)CC=CCCCCCCCC(=O)OC[C@@]1(O[C@H]2O[C@H](CO)[C@@H](O)[C@H](O)[C@H]2O)O[C@H](CO)[C@@H](O)[C@@H]1OC(=O)CCCCCCCC=CC[C@H](O)CCCCCC. The number of carbonyl (C=O) groups excluding carboxylic acids is 2. The van der Waals surface area contributed by atoms with Gasteiger partial charge in [-0.3, -0.25) is 9.59 Å². The van der Waals surface area contributed by atoms with E-state index in [1.807, 2.05) is 12.2 Å². The zero-order valence-corrected chi connectivity index (χ0v) is 38.5. The molecule has 0 aromatic heterocycles. The Hall–Kier alpha value is -2.02. The highest BCUT2D eigenvalue weighted by molar-refractivity contribution is 5.70. The molecule has 11 atom stereocenters. The Morgan fingerprint density at radius 1 is 0.587 bits per heavy atom. The van der Waals surface area contributed by atoms with E-state index in [9.17, 15) is 50.4 Å². The molecule has 15 nitrogen and oxygen atoms in total. The van der Waals surface area contributed by atoms with Gasteiger partial charge in [0.05, 0.1) is 25.4 Å². The molecule has 0 spiro atoms. The van der Waals surface area contributed by atoms with E-state index in [1.54, 1.807) is 0 Å². The molecule has 0 bridgehead atoms. The van der Waals surface area contributed by atoms with Gasteiger partial charge < -0.3 is 64.5 Å². The number of hydrogen-bond donors (Lipinski definition) is 8. The maximum Gasteiger partial charge on any atom is 0.306 e. The first kappa shape index (κ1) is 57.1. The van der Waals surface area contributed by atoms with Crippen molar-refractivity contribution in [3.05, 3.63) is 24.3 Å². The molecule has 0 aromatic rings. The highest BCUT2D eigenvalue weighted by atomic mass is 16.8. The molecule has 2 saturated heterocycles. The molecule has 0 amide bonds. The molecular formula is C48H86O15. The molecule has 0 aromatic carbocycles. The predicted molar refractivity (Wildman–Crippen MR) is 238 cm³/mol. The van der Waals surface area contributed by atoms with Crippen LogP contribution in [0.2, 0.25) is 0 Å². The van der Waals surface area contributed by atoms with Crippen LogP contribution in [0.1, 0.15) is 181 Å². The fraction of sp³-hybridized carbons (Fsp3) is 0.875. The molecule has 0 aliphatic carbocycles. The van der Waals surface area contributed by atoms with E-state index in [2.05, 4.69) is 26.0 Å². The molecule has 368 valence electrons. The Bertz CT molecular complexity index is 1230. The van der Waals surface area contributed by atoms with Gasteiger partial charge in [0.1, 0.15) is 43.2 Å². The zero-order valence-electron chi connectivity index (χ0n) is 38.5. The number of carbonyl (C=O) groups is 2. The quantitative estimate of drug-likeness (QED) is 0.0211. The van der Waals surface area contributed by atoms with Gasteiger partial charge >= 0.3 is 11.9 Å². The van der Waals surface area contributed by atoms with Crippen LogP contribution in [0.25, 0.3) is 0 Å². The lowest BCUT2D eigenvalue weighted by atomic mass is 9.99. The summed E-state index contributed by atoms with van der Waals surface area (Å²) in [6.45, 7) is 2.09. The number of allylic oxidation sites excluding steroid dienone is 2. The van der Waals surface area contributed by atoms with Gasteiger partial charge in [0, 0.05) is 12.8 Å². The maximum absolute atomic E-state index is 13.2. The summed E-state index contributed by atoms with van der Waals surface area (Å²) in [5.41, 5.74) is 0. The molecule has 2 rings (SSSR count). The van der Waals surface area contributed by atoms with E-state index in [-0.39, 0.29) is 25.0 Å². The van der Waals surface area contributed by atoms with Gasteiger partial charge in [0.15, 0.2) is 12.4 Å². The van der Waals surface area contributed by atoms with Crippen LogP contribution in [0.4, 0.5) is 0 Å². The summed E-state index contributed by atoms with van der Waals surface area (Å²) >= 11 is 0. The summed E-state index contributed by atoms with van der Waals surface area (Å²) in [5, 5.41) is 82.9. The monoisotopic (exact) mass is 903 g/mol. The summed E-state index contributed by atoms with van der Waals surface area (Å²) in [6.07, 6.45) is 16.6. The van der Waals surface area contributed by atoms with E-state index in [1.165, 1.54) is 25.7 Å². The Kier molecular flexibility index (Phi) is 31.1. The number of aliphatic hydroxyl groups is 8. The van der Waals surface area contributed by atoms with E-state index in [0.29, 0.717) is 25.7 Å². The average Bonchev–Trinajstić information content (AvgIpc) is 3.53. The molecule has 0 unspecified atom stereocenters. The lowest BCUT2D eigenvalue weighted by Gasteiger charge is -2.43. The van der Waals surface area contributed by atoms with Crippen molar-refractivity contribution in [3.63, 3.8) is 0 Å². The normalized spacial score (nSPS) is 27.3. The second kappa shape index (κ2) is 34.3. The number of unbranched alkanes of at least 4 members (excludes halogenated alkanes) is 16. The average molecular weight is 903 g/mol. The molecule has 0 saturated carbocycles. The first-order valence-corrected chi connectivity index (χ1v) is 24.4. The number of aliphatic hydroxyl groups excluding tert-OH is 8. The largest absolute Gasteiger partial charge is 0.460 e. The van der Waals surface area contributed by atoms with Crippen LogP contribution >= 0.6 is 0 Å². The third kappa shape index (κ3) is 22.8. The topological polar surface area (TPSA) is 242 Å².